The van der Waals surface area contributed by atoms with Crippen LogP contribution in [0.2, 0.25) is 0 Å². The second kappa shape index (κ2) is 3.90. The van der Waals surface area contributed by atoms with Gasteiger partial charge in [0.05, 0.1) is 5.69 Å². The molecule has 0 aliphatic rings. The van der Waals surface area contributed by atoms with Crippen molar-refractivity contribution in [3.05, 3.63) is 52.0 Å². The molecule has 3 heteroatoms. The second-order valence-electron chi connectivity index (χ2n) is 3.18. The van der Waals surface area contributed by atoms with Crippen LogP contribution in [0.4, 0.5) is 0 Å². The Hall–Kier alpha value is -1.19. The van der Waals surface area contributed by atoms with Crippen LogP contribution >= 0.6 is 11.3 Å². The van der Waals surface area contributed by atoms with Crippen molar-refractivity contribution >= 4 is 11.3 Å². The number of nitrogens with zero attached hydrogens (tertiary/aromatic N) is 1. The van der Waals surface area contributed by atoms with Gasteiger partial charge in [0.1, 0.15) is 6.10 Å². The van der Waals surface area contributed by atoms with Crippen LogP contribution in [-0.2, 0) is 0 Å². The molecule has 2 aromatic rings. The minimum atomic E-state index is -0.587. The molecule has 0 fully saturated rings. The minimum Gasteiger partial charge on any atom is -0.381 e. The largest absolute Gasteiger partial charge is 0.381 e. The summed E-state index contributed by atoms with van der Waals surface area (Å²) in [7, 11) is 0. The predicted octanol–water partition coefficient (Wildman–Crippen LogP) is 2.53. The molecule has 0 amide bonds. The van der Waals surface area contributed by atoms with Crippen LogP contribution in [0.1, 0.15) is 22.2 Å². The highest BCUT2D eigenvalue weighted by molar-refractivity contribution is 7.10. The van der Waals surface area contributed by atoms with Crippen molar-refractivity contribution in [1.82, 2.24) is 4.98 Å². The van der Waals surface area contributed by atoms with E-state index in [1.807, 2.05) is 36.6 Å². The Kier molecular flexibility index (Phi) is 2.61. The zero-order chi connectivity index (χ0) is 9.97. The molecule has 0 aromatic carbocycles. The number of thiophene rings is 1. The Morgan fingerprint density at radius 2 is 2.21 bits per heavy atom. The van der Waals surface area contributed by atoms with Gasteiger partial charge in [0.25, 0.3) is 0 Å². The molecular weight excluding hydrogens is 194 g/mol. The van der Waals surface area contributed by atoms with Crippen molar-refractivity contribution in [3.8, 4) is 0 Å². The third kappa shape index (κ3) is 1.84. The number of aliphatic hydroxyl groups is 1. The van der Waals surface area contributed by atoms with Gasteiger partial charge in [-0.2, -0.15) is 0 Å². The first-order valence-corrected chi connectivity index (χ1v) is 5.29. The van der Waals surface area contributed by atoms with Gasteiger partial charge in [-0.05, 0) is 30.0 Å². The van der Waals surface area contributed by atoms with E-state index in [1.54, 1.807) is 17.5 Å². The Bertz CT molecular complexity index is 394. The fourth-order valence-electron chi connectivity index (χ4n) is 1.23. The van der Waals surface area contributed by atoms with E-state index in [0.717, 1.165) is 10.4 Å². The Morgan fingerprint density at radius 3 is 2.79 bits per heavy atom. The second-order valence-corrected chi connectivity index (χ2v) is 4.16. The summed E-state index contributed by atoms with van der Waals surface area (Å²) in [6.45, 7) is 1.98. The summed E-state index contributed by atoms with van der Waals surface area (Å²) in [6.07, 6.45) is 1.18. The molecule has 1 atom stereocenters. The monoisotopic (exact) mass is 205 g/mol. The summed E-state index contributed by atoms with van der Waals surface area (Å²) in [5.41, 5.74) is 1.81. The molecule has 0 bridgehead atoms. The third-order valence-corrected chi connectivity index (χ3v) is 2.95. The average molecular weight is 205 g/mol. The molecule has 0 radical (unpaired) electrons. The van der Waals surface area contributed by atoms with Crippen molar-refractivity contribution < 1.29 is 5.11 Å². The molecule has 72 valence electrons. The molecule has 14 heavy (non-hydrogen) atoms. The molecule has 2 nitrogen and oxygen atoms in total. The Labute approximate surface area is 86.9 Å². The van der Waals surface area contributed by atoms with E-state index in [4.69, 9.17) is 0 Å². The quantitative estimate of drug-likeness (QED) is 0.817. The summed E-state index contributed by atoms with van der Waals surface area (Å²) in [5, 5.41) is 11.9. The zero-order valence-corrected chi connectivity index (χ0v) is 8.66. The molecule has 1 unspecified atom stereocenters. The van der Waals surface area contributed by atoms with Crippen LogP contribution in [0.15, 0.2) is 35.8 Å². The maximum Gasteiger partial charge on any atom is 0.130 e. The number of hydrogen-bond acceptors (Lipinski definition) is 3. The normalized spacial score (nSPS) is 12.7. The van der Waals surface area contributed by atoms with Crippen LogP contribution in [-0.4, -0.2) is 10.1 Å². The molecule has 0 saturated heterocycles. The first-order valence-electron chi connectivity index (χ1n) is 4.41. The standard InChI is InChI=1S/C11H11NOS/c1-8-4-5-9(12-7-8)11(13)10-3-2-6-14-10/h2-7,11,13H,1H3. The number of pyridine rings is 1. The van der Waals surface area contributed by atoms with Gasteiger partial charge in [-0.1, -0.05) is 12.1 Å². The first-order chi connectivity index (χ1) is 6.77. The number of hydrogen-bond donors (Lipinski definition) is 1. The van der Waals surface area contributed by atoms with Crippen LogP contribution < -0.4 is 0 Å². The molecule has 2 heterocycles. The first kappa shape index (κ1) is 9.37. The topological polar surface area (TPSA) is 33.1 Å². The molecule has 0 spiro atoms. The van der Waals surface area contributed by atoms with Gasteiger partial charge >= 0.3 is 0 Å². The molecule has 2 rings (SSSR count). The van der Waals surface area contributed by atoms with Gasteiger partial charge in [0, 0.05) is 11.1 Å². The smallest absolute Gasteiger partial charge is 0.130 e. The van der Waals surface area contributed by atoms with E-state index in [0.29, 0.717) is 5.69 Å². The summed E-state index contributed by atoms with van der Waals surface area (Å²) in [5.74, 6) is 0. The maximum absolute atomic E-state index is 9.92. The van der Waals surface area contributed by atoms with Gasteiger partial charge in [-0.15, -0.1) is 11.3 Å². The SMILES string of the molecule is Cc1ccc(C(O)c2cccs2)nc1. The lowest BCUT2D eigenvalue weighted by Crippen LogP contribution is -1.99. The molecule has 0 aliphatic carbocycles. The van der Waals surface area contributed by atoms with E-state index in [9.17, 15) is 5.11 Å². The van der Waals surface area contributed by atoms with Crippen LogP contribution in [0.3, 0.4) is 0 Å². The minimum absolute atomic E-state index is 0.587. The van der Waals surface area contributed by atoms with Gasteiger partial charge in [-0.25, -0.2) is 0 Å². The van der Waals surface area contributed by atoms with Crippen molar-refractivity contribution in [2.24, 2.45) is 0 Å². The Balaban J connectivity index is 2.28. The van der Waals surface area contributed by atoms with Crippen LogP contribution in [0.5, 0.6) is 0 Å². The summed E-state index contributed by atoms with van der Waals surface area (Å²) in [4.78, 5) is 5.12. The van der Waals surface area contributed by atoms with E-state index in [2.05, 4.69) is 4.98 Å². The fourth-order valence-corrected chi connectivity index (χ4v) is 1.95. The average Bonchev–Trinajstić information content (AvgIpc) is 2.71. The lowest BCUT2D eigenvalue weighted by Gasteiger charge is -2.07. The third-order valence-electron chi connectivity index (χ3n) is 2.03. The summed E-state index contributed by atoms with van der Waals surface area (Å²) >= 11 is 1.54. The van der Waals surface area contributed by atoms with Crippen LogP contribution in [0, 0.1) is 6.92 Å². The van der Waals surface area contributed by atoms with E-state index >= 15 is 0 Å². The summed E-state index contributed by atoms with van der Waals surface area (Å²) < 4.78 is 0. The van der Waals surface area contributed by atoms with Gasteiger partial charge in [0.2, 0.25) is 0 Å². The predicted molar refractivity (Wildman–Crippen MR) is 57.4 cm³/mol. The van der Waals surface area contributed by atoms with Crippen LogP contribution in [0.25, 0.3) is 0 Å². The molecule has 0 saturated carbocycles. The zero-order valence-electron chi connectivity index (χ0n) is 7.84. The summed E-state index contributed by atoms with van der Waals surface area (Å²) in [6, 6.07) is 7.66. The Morgan fingerprint density at radius 1 is 1.36 bits per heavy atom. The van der Waals surface area contributed by atoms with Crippen molar-refractivity contribution in [2.45, 2.75) is 13.0 Å². The highest BCUT2D eigenvalue weighted by atomic mass is 32.1. The number of aliphatic hydroxyl groups excluding tert-OH is 1. The maximum atomic E-state index is 9.92. The fraction of sp³-hybridized carbons (Fsp3) is 0.182. The molecule has 2 aromatic heterocycles. The molecule has 1 N–H and O–H groups in total. The van der Waals surface area contributed by atoms with Gasteiger partial charge in [0.15, 0.2) is 0 Å². The van der Waals surface area contributed by atoms with Crippen molar-refractivity contribution in [1.29, 1.82) is 0 Å². The number of aromatic nitrogens is 1. The number of aryl methyl sites for hydroxylation is 1. The lowest BCUT2D eigenvalue weighted by atomic mass is 10.2. The molecular formula is C11H11NOS. The lowest BCUT2D eigenvalue weighted by molar-refractivity contribution is 0.219. The highest BCUT2D eigenvalue weighted by Gasteiger charge is 2.11. The van der Waals surface area contributed by atoms with E-state index in [-0.39, 0.29) is 0 Å². The van der Waals surface area contributed by atoms with Crippen molar-refractivity contribution in [2.75, 3.05) is 0 Å². The van der Waals surface area contributed by atoms with Gasteiger partial charge < -0.3 is 5.11 Å². The van der Waals surface area contributed by atoms with E-state index < -0.39 is 6.10 Å². The van der Waals surface area contributed by atoms with E-state index in [1.165, 1.54) is 0 Å². The van der Waals surface area contributed by atoms with Gasteiger partial charge in [-0.3, -0.25) is 4.98 Å². The number of rotatable bonds is 2. The molecule has 0 aliphatic heterocycles. The van der Waals surface area contributed by atoms with Crippen molar-refractivity contribution in [3.63, 3.8) is 0 Å². The highest BCUT2D eigenvalue weighted by Crippen LogP contribution is 2.24.